The Morgan fingerprint density at radius 1 is 1.24 bits per heavy atom. The van der Waals surface area contributed by atoms with Crippen LogP contribution in [0.25, 0.3) is 0 Å². The summed E-state index contributed by atoms with van der Waals surface area (Å²) in [5, 5.41) is 4.19. The van der Waals surface area contributed by atoms with Crippen molar-refractivity contribution in [3.05, 3.63) is 47.4 Å². The van der Waals surface area contributed by atoms with Gasteiger partial charge in [0.15, 0.2) is 0 Å². The number of anilines is 2. The van der Waals surface area contributed by atoms with Gasteiger partial charge in [0.2, 0.25) is 0 Å². The van der Waals surface area contributed by atoms with Crippen LogP contribution in [0.2, 0.25) is 5.02 Å². The third-order valence-corrected chi connectivity index (χ3v) is 4.13. The lowest BCUT2D eigenvalue weighted by atomic mass is 10.0. The minimum atomic E-state index is 0.450. The van der Waals surface area contributed by atoms with E-state index in [-0.39, 0.29) is 0 Å². The number of nitrogens with one attached hydrogen (secondary N) is 1. The van der Waals surface area contributed by atoms with Crippen LogP contribution in [0, 0.1) is 6.92 Å². The summed E-state index contributed by atoms with van der Waals surface area (Å²) in [7, 11) is 0. The number of aryl methyl sites for hydroxylation is 1. The van der Waals surface area contributed by atoms with Crippen molar-refractivity contribution in [1.29, 1.82) is 0 Å². The first-order valence-corrected chi connectivity index (χ1v) is 7.65. The molecule has 0 unspecified atom stereocenters. The number of nitrogens with zero attached hydrogens (tertiary/aromatic N) is 3. The van der Waals surface area contributed by atoms with E-state index < -0.39 is 0 Å². The summed E-state index contributed by atoms with van der Waals surface area (Å²) in [5.41, 5.74) is 2.04. The van der Waals surface area contributed by atoms with Crippen molar-refractivity contribution >= 4 is 23.1 Å². The zero-order chi connectivity index (χ0) is 14.7. The van der Waals surface area contributed by atoms with Gasteiger partial charge < -0.3 is 10.2 Å². The topological polar surface area (TPSA) is 41.0 Å². The summed E-state index contributed by atoms with van der Waals surface area (Å²) in [4.78, 5) is 11.0. The van der Waals surface area contributed by atoms with Gasteiger partial charge in [-0.15, -0.1) is 0 Å². The van der Waals surface area contributed by atoms with E-state index in [4.69, 9.17) is 11.6 Å². The maximum Gasteiger partial charge on any atom is 0.128 e. The Balaban J connectivity index is 1.59. The molecule has 0 bridgehead atoms. The molecule has 3 rings (SSSR count). The molecule has 21 heavy (non-hydrogen) atoms. The summed E-state index contributed by atoms with van der Waals surface area (Å²) < 4.78 is 0. The van der Waals surface area contributed by atoms with Crippen molar-refractivity contribution in [3.8, 4) is 0 Å². The van der Waals surface area contributed by atoms with Crippen LogP contribution < -0.4 is 10.2 Å². The van der Waals surface area contributed by atoms with E-state index in [0.717, 1.165) is 43.1 Å². The third-order valence-electron chi connectivity index (χ3n) is 3.82. The molecule has 0 amide bonds. The lowest BCUT2D eigenvalue weighted by Crippen LogP contribution is -2.39. The molecule has 0 atom stereocenters. The molecule has 110 valence electrons. The highest BCUT2D eigenvalue weighted by Gasteiger charge is 2.20. The van der Waals surface area contributed by atoms with Crippen molar-refractivity contribution in [2.75, 3.05) is 23.3 Å². The minimum absolute atomic E-state index is 0.450. The first-order chi connectivity index (χ1) is 10.2. The highest BCUT2D eigenvalue weighted by molar-refractivity contribution is 6.33. The van der Waals surface area contributed by atoms with Crippen LogP contribution in [0.3, 0.4) is 0 Å². The van der Waals surface area contributed by atoms with Gasteiger partial charge in [0.05, 0.1) is 10.7 Å². The molecule has 0 radical (unpaired) electrons. The molecule has 1 fully saturated rings. The lowest BCUT2D eigenvalue weighted by molar-refractivity contribution is 0.523. The number of halogens is 1. The monoisotopic (exact) mass is 302 g/mol. The number of aromatic nitrogens is 2. The molecule has 2 aromatic rings. The lowest BCUT2D eigenvalue weighted by Gasteiger charge is -2.33. The molecule has 3 heterocycles. The van der Waals surface area contributed by atoms with Crippen LogP contribution in [0.1, 0.15) is 18.5 Å². The van der Waals surface area contributed by atoms with E-state index in [0.29, 0.717) is 11.1 Å². The maximum absolute atomic E-state index is 6.14. The van der Waals surface area contributed by atoms with Crippen molar-refractivity contribution in [1.82, 2.24) is 9.97 Å². The van der Waals surface area contributed by atoms with E-state index in [1.807, 2.05) is 19.1 Å². The average molecular weight is 303 g/mol. The third kappa shape index (κ3) is 3.45. The summed E-state index contributed by atoms with van der Waals surface area (Å²) >= 11 is 6.14. The molecule has 0 aliphatic carbocycles. The highest BCUT2D eigenvalue weighted by Crippen LogP contribution is 2.24. The molecule has 1 saturated heterocycles. The minimum Gasteiger partial charge on any atom is -0.381 e. The van der Waals surface area contributed by atoms with Gasteiger partial charge in [-0.25, -0.2) is 4.98 Å². The fourth-order valence-electron chi connectivity index (χ4n) is 2.67. The van der Waals surface area contributed by atoms with Crippen LogP contribution in [0.15, 0.2) is 36.7 Å². The Labute approximate surface area is 130 Å². The van der Waals surface area contributed by atoms with Gasteiger partial charge in [-0.2, -0.15) is 0 Å². The van der Waals surface area contributed by atoms with Crippen LogP contribution in [0.5, 0.6) is 0 Å². The zero-order valence-corrected chi connectivity index (χ0v) is 12.8. The summed E-state index contributed by atoms with van der Waals surface area (Å²) in [6.07, 6.45) is 5.60. The molecule has 5 heteroatoms. The molecule has 0 saturated carbocycles. The van der Waals surface area contributed by atoms with Crippen molar-refractivity contribution in [2.24, 2.45) is 0 Å². The van der Waals surface area contributed by atoms with Gasteiger partial charge in [-0.3, -0.25) is 4.98 Å². The van der Waals surface area contributed by atoms with Crippen molar-refractivity contribution < 1.29 is 0 Å². The van der Waals surface area contributed by atoms with Gasteiger partial charge >= 0.3 is 0 Å². The molecule has 1 aliphatic heterocycles. The first kappa shape index (κ1) is 14.1. The van der Waals surface area contributed by atoms with E-state index in [1.165, 1.54) is 0 Å². The molecule has 1 N–H and O–H groups in total. The van der Waals surface area contributed by atoms with Gasteiger partial charge in [0.1, 0.15) is 5.82 Å². The van der Waals surface area contributed by atoms with Crippen LogP contribution in [0.4, 0.5) is 11.5 Å². The fraction of sp³-hybridized carbons (Fsp3) is 0.375. The van der Waals surface area contributed by atoms with Crippen molar-refractivity contribution in [2.45, 2.75) is 25.8 Å². The average Bonchev–Trinajstić information content (AvgIpc) is 2.50. The predicted molar refractivity (Wildman–Crippen MR) is 87.1 cm³/mol. The summed E-state index contributed by atoms with van der Waals surface area (Å²) in [6, 6.07) is 8.56. The normalized spacial score (nSPS) is 16.0. The molecule has 0 aromatic carbocycles. The SMILES string of the molecule is Cc1cccc(N2CCC(Nc3ccncc3Cl)CC2)n1. The van der Waals surface area contributed by atoms with E-state index in [1.54, 1.807) is 12.4 Å². The Morgan fingerprint density at radius 3 is 2.76 bits per heavy atom. The summed E-state index contributed by atoms with van der Waals surface area (Å²) in [5.74, 6) is 1.08. The largest absolute Gasteiger partial charge is 0.381 e. The molecular formula is C16H19ClN4. The van der Waals surface area contributed by atoms with Gasteiger partial charge in [0.25, 0.3) is 0 Å². The highest BCUT2D eigenvalue weighted by atomic mass is 35.5. The smallest absolute Gasteiger partial charge is 0.128 e. The second-order valence-electron chi connectivity index (χ2n) is 5.40. The number of pyridine rings is 2. The Morgan fingerprint density at radius 2 is 2.05 bits per heavy atom. The second-order valence-corrected chi connectivity index (χ2v) is 5.81. The van der Waals surface area contributed by atoms with Gasteiger partial charge in [-0.05, 0) is 38.0 Å². The summed E-state index contributed by atoms with van der Waals surface area (Å²) in [6.45, 7) is 4.05. The molecule has 4 nitrogen and oxygen atoms in total. The Kier molecular flexibility index (Phi) is 4.25. The first-order valence-electron chi connectivity index (χ1n) is 7.27. The van der Waals surface area contributed by atoms with Gasteiger partial charge in [-0.1, -0.05) is 17.7 Å². The maximum atomic E-state index is 6.14. The quantitative estimate of drug-likeness (QED) is 0.942. The standard InChI is InChI=1S/C16H19ClN4/c1-12-3-2-4-16(19-12)21-9-6-13(7-10-21)20-15-5-8-18-11-14(15)17/h2-5,8,11,13H,6-7,9-10H2,1H3,(H,18,20). The van der Waals surface area contributed by atoms with Crippen molar-refractivity contribution in [3.63, 3.8) is 0 Å². The Hall–Kier alpha value is -1.81. The fourth-order valence-corrected chi connectivity index (χ4v) is 2.84. The van der Waals surface area contributed by atoms with E-state index >= 15 is 0 Å². The molecular weight excluding hydrogens is 284 g/mol. The van der Waals surface area contributed by atoms with Crippen LogP contribution in [-0.4, -0.2) is 29.1 Å². The number of piperidine rings is 1. The van der Waals surface area contributed by atoms with Crippen LogP contribution in [-0.2, 0) is 0 Å². The molecule has 1 aliphatic rings. The van der Waals surface area contributed by atoms with E-state index in [2.05, 4.69) is 32.3 Å². The van der Waals surface area contributed by atoms with Gasteiger partial charge in [0, 0.05) is 37.2 Å². The Bertz CT molecular complexity index is 609. The second kappa shape index (κ2) is 6.31. The van der Waals surface area contributed by atoms with Crippen LogP contribution >= 0.6 is 11.6 Å². The molecule has 0 spiro atoms. The number of rotatable bonds is 3. The van der Waals surface area contributed by atoms with E-state index in [9.17, 15) is 0 Å². The predicted octanol–water partition coefficient (Wildman–Crippen LogP) is 3.52. The molecule has 2 aromatic heterocycles. The number of hydrogen-bond acceptors (Lipinski definition) is 4. The zero-order valence-electron chi connectivity index (χ0n) is 12.1. The number of hydrogen-bond donors (Lipinski definition) is 1.